The maximum atomic E-state index is 13.0. The number of hydrogen-bond donors (Lipinski definition) is 4. The fraction of sp³-hybridized carbons (Fsp3) is 0.912. The van der Waals surface area contributed by atoms with Gasteiger partial charge in [0.15, 0.2) is 6.29 Å². The second-order valence-electron chi connectivity index (χ2n) is 20.2. The molecule has 1 heterocycles. The van der Waals surface area contributed by atoms with Crippen molar-refractivity contribution in [3.05, 3.63) is 24.3 Å². The highest BCUT2D eigenvalue weighted by atomic mass is 32.3. The molecule has 1 aliphatic heterocycles. The number of esters is 1. The Kier molecular flexibility index (Phi) is 46.2. The molecule has 1 rings (SSSR count). The molecule has 414 valence electrons. The summed E-state index contributed by atoms with van der Waals surface area (Å²) in [5.74, 6) is -0.393. The van der Waals surface area contributed by atoms with Gasteiger partial charge in [0.1, 0.15) is 30.5 Å². The minimum Gasteiger partial charge on any atom is -0.457 e. The molecule has 6 atom stereocenters. The highest BCUT2D eigenvalue weighted by Crippen LogP contribution is 2.26. The third kappa shape index (κ3) is 41.0. The summed E-state index contributed by atoms with van der Waals surface area (Å²) in [5.41, 5.74) is 0. The molecule has 0 aromatic heterocycles. The smallest absolute Gasteiger partial charge is 0.397 e. The minimum atomic E-state index is -5.07. The monoisotopic (exact) mass is 1020 g/mol. The quantitative estimate of drug-likeness (QED) is 0.0196. The number of carbonyl (C=O) groups excluding carboxylic acids is 1. The van der Waals surface area contributed by atoms with E-state index >= 15 is 0 Å². The zero-order valence-electron chi connectivity index (χ0n) is 44.8. The summed E-state index contributed by atoms with van der Waals surface area (Å²) in [4.78, 5) is 13.0. The molecular formula is C57H108O12S. The van der Waals surface area contributed by atoms with E-state index in [-0.39, 0.29) is 19.6 Å². The first kappa shape index (κ1) is 66.6. The molecule has 0 bridgehead atoms. The van der Waals surface area contributed by atoms with Gasteiger partial charge in [0.2, 0.25) is 0 Å². The van der Waals surface area contributed by atoms with Crippen LogP contribution in [0.3, 0.4) is 0 Å². The molecule has 1 fully saturated rings. The molecule has 0 amide bonds. The largest absolute Gasteiger partial charge is 0.457 e. The lowest BCUT2D eigenvalue weighted by Crippen LogP contribution is -2.60. The van der Waals surface area contributed by atoms with Gasteiger partial charge < -0.3 is 34.3 Å². The predicted molar refractivity (Wildman–Crippen MR) is 285 cm³/mol. The minimum absolute atomic E-state index is 0.0386. The molecule has 6 unspecified atom stereocenters. The molecule has 4 N–H and O–H groups in total. The van der Waals surface area contributed by atoms with Crippen molar-refractivity contribution in [2.24, 2.45) is 0 Å². The summed E-state index contributed by atoms with van der Waals surface area (Å²) in [6, 6.07) is 0. The van der Waals surface area contributed by atoms with Crippen molar-refractivity contribution in [2.75, 3.05) is 26.4 Å². The Hall–Kier alpha value is -1.42. The number of hydrogen-bond acceptors (Lipinski definition) is 11. The Bertz CT molecular complexity index is 1310. The molecule has 0 aromatic carbocycles. The average Bonchev–Trinajstić information content (AvgIpc) is 3.34. The molecular weight excluding hydrogens is 909 g/mol. The normalized spacial score (nSPS) is 19.2. The Balaban J connectivity index is 2.28. The summed E-state index contributed by atoms with van der Waals surface area (Å²) < 4.78 is 59.4. The number of aliphatic hydroxyl groups is 3. The van der Waals surface area contributed by atoms with Crippen molar-refractivity contribution in [3.63, 3.8) is 0 Å². The van der Waals surface area contributed by atoms with Gasteiger partial charge in [-0.1, -0.05) is 244 Å². The van der Waals surface area contributed by atoms with Crippen LogP contribution in [0, 0.1) is 0 Å². The van der Waals surface area contributed by atoms with E-state index in [9.17, 15) is 33.1 Å². The Morgan fingerprint density at radius 1 is 0.543 bits per heavy atom. The number of aliphatic hydroxyl groups excluding tert-OH is 3. The summed E-state index contributed by atoms with van der Waals surface area (Å²) in [6.45, 7) is 4.02. The van der Waals surface area contributed by atoms with E-state index in [1.165, 1.54) is 199 Å². The van der Waals surface area contributed by atoms with E-state index in [0.717, 1.165) is 44.9 Å². The molecule has 70 heavy (non-hydrogen) atoms. The van der Waals surface area contributed by atoms with E-state index in [0.29, 0.717) is 13.0 Å². The van der Waals surface area contributed by atoms with Crippen LogP contribution < -0.4 is 0 Å². The number of rotatable bonds is 52. The van der Waals surface area contributed by atoms with Gasteiger partial charge in [0.05, 0.1) is 19.8 Å². The van der Waals surface area contributed by atoms with Crippen LogP contribution in [0.5, 0.6) is 0 Å². The second-order valence-corrected chi connectivity index (χ2v) is 21.3. The maximum absolute atomic E-state index is 13.0. The van der Waals surface area contributed by atoms with Crippen molar-refractivity contribution in [1.82, 2.24) is 0 Å². The molecule has 1 saturated heterocycles. The van der Waals surface area contributed by atoms with Crippen molar-refractivity contribution in [3.8, 4) is 0 Å². The Labute approximate surface area is 429 Å². The van der Waals surface area contributed by atoms with Gasteiger partial charge in [-0.15, -0.1) is 0 Å². The molecule has 13 heteroatoms. The second kappa shape index (κ2) is 48.5. The summed E-state index contributed by atoms with van der Waals surface area (Å²) in [7, 11) is -5.07. The van der Waals surface area contributed by atoms with Crippen molar-refractivity contribution in [2.45, 2.75) is 307 Å². The molecule has 0 saturated carbocycles. The molecule has 0 spiro atoms. The number of carbonyl (C=O) groups is 1. The van der Waals surface area contributed by atoms with E-state index in [1.54, 1.807) is 0 Å². The van der Waals surface area contributed by atoms with E-state index < -0.39 is 59.8 Å². The predicted octanol–water partition coefficient (Wildman–Crippen LogP) is 14.3. The fourth-order valence-electron chi connectivity index (χ4n) is 9.18. The van der Waals surface area contributed by atoms with Gasteiger partial charge in [0.25, 0.3) is 0 Å². The van der Waals surface area contributed by atoms with Gasteiger partial charge in [-0.2, -0.15) is 8.42 Å². The summed E-state index contributed by atoms with van der Waals surface area (Å²) in [6.07, 6.45) is 49.3. The van der Waals surface area contributed by atoms with Gasteiger partial charge >= 0.3 is 16.4 Å². The molecule has 0 aromatic rings. The summed E-state index contributed by atoms with van der Waals surface area (Å²) in [5, 5.41) is 30.8. The van der Waals surface area contributed by atoms with Crippen LogP contribution in [-0.2, 0) is 38.3 Å². The van der Waals surface area contributed by atoms with Crippen LogP contribution >= 0.6 is 0 Å². The molecule has 1 aliphatic rings. The Morgan fingerprint density at radius 2 is 0.943 bits per heavy atom. The van der Waals surface area contributed by atoms with Gasteiger partial charge in [0, 0.05) is 13.0 Å². The first-order valence-corrected chi connectivity index (χ1v) is 30.5. The van der Waals surface area contributed by atoms with E-state index in [2.05, 4.69) is 42.3 Å². The lowest BCUT2D eigenvalue weighted by Gasteiger charge is -2.41. The molecule has 0 aliphatic carbocycles. The third-order valence-corrected chi connectivity index (χ3v) is 14.0. The molecule has 0 radical (unpaired) electrons. The SMILES string of the molecule is CCCCC/C=C\C/C=C\CCCCCCCCCCCCOCC(COC1OC(CO)C(O)C(OS(=O)(=O)O)C1O)OC(=O)CCCCCCCCCCCCCCCCCCCCCCCCC. The van der Waals surface area contributed by atoms with Crippen LogP contribution in [-0.4, -0.2) is 97.5 Å². The standard InChI is InChI=1S/C57H108O12S/c1-3-5-7-9-11-13-15-17-19-21-23-25-26-27-28-30-32-34-36-38-40-42-44-46-53(59)67-51(50-66-57-55(61)56(69-70(62,63)64)54(60)52(48-58)68-57)49-65-47-45-43-41-39-37-35-33-31-29-24-22-20-18-16-14-12-10-8-6-4-2/h12,14,18,20,51-52,54-58,60-61H,3-11,13,15-17,19,21-50H2,1-2H3,(H,62,63,64)/b14-12-,20-18-. The third-order valence-electron chi connectivity index (χ3n) is 13.6. The number of unbranched alkanes of at least 4 members (excludes halogenated alkanes) is 35. The first-order valence-electron chi connectivity index (χ1n) is 29.1. The van der Waals surface area contributed by atoms with Crippen LogP contribution in [0.1, 0.15) is 271 Å². The highest BCUT2D eigenvalue weighted by molar-refractivity contribution is 7.80. The van der Waals surface area contributed by atoms with E-state index in [1.807, 2.05) is 0 Å². The van der Waals surface area contributed by atoms with Gasteiger partial charge in [-0.3, -0.25) is 9.35 Å². The van der Waals surface area contributed by atoms with Crippen molar-refractivity contribution in [1.29, 1.82) is 0 Å². The fourth-order valence-corrected chi connectivity index (χ4v) is 9.69. The number of allylic oxidation sites excluding steroid dienone is 4. The zero-order chi connectivity index (χ0) is 51.0. The van der Waals surface area contributed by atoms with Crippen molar-refractivity contribution >= 4 is 16.4 Å². The topological polar surface area (TPSA) is 178 Å². The van der Waals surface area contributed by atoms with Crippen LogP contribution in [0.15, 0.2) is 24.3 Å². The lowest BCUT2D eigenvalue weighted by atomic mass is 9.99. The summed E-state index contributed by atoms with van der Waals surface area (Å²) >= 11 is 0. The average molecular weight is 1020 g/mol. The lowest BCUT2D eigenvalue weighted by molar-refractivity contribution is -0.301. The molecule has 12 nitrogen and oxygen atoms in total. The Morgan fingerprint density at radius 3 is 1.39 bits per heavy atom. The van der Waals surface area contributed by atoms with Crippen LogP contribution in [0.2, 0.25) is 0 Å². The highest BCUT2D eigenvalue weighted by Gasteiger charge is 2.48. The van der Waals surface area contributed by atoms with Gasteiger partial charge in [-0.25, -0.2) is 4.18 Å². The first-order chi connectivity index (χ1) is 34.1. The number of ether oxygens (including phenoxy) is 4. The van der Waals surface area contributed by atoms with E-state index in [4.69, 9.17) is 18.9 Å². The van der Waals surface area contributed by atoms with Crippen molar-refractivity contribution < 1.29 is 56.2 Å². The van der Waals surface area contributed by atoms with Crippen LogP contribution in [0.4, 0.5) is 0 Å². The van der Waals surface area contributed by atoms with Gasteiger partial charge in [-0.05, 0) is 44.9 Å². The van der Waals surface area contributed by atoms with Crippen LogP contribution in [0.25, 0.3) is 0 Å². The maximum Gasteiger partial charge on any atom is 0.397 e. The zero-order valence-corrected chi connectivity index (χ0v) is 45.7.